The number of rotatable bonds is 4. The average molecular weight is 208 g/mol. The van der Waals surface area contributed by atoms with E-state index in [1.807, 2.05) is 13.0 Å². The van der Waals surface area contributed by atoms with Gasteiger partial charge in [-0.3, -0.25) is 4.79 Å². The molecule has 1 saturated heterocycles. The lowest BCUT2D eigenvalue weighted by Crippen LogP contribution is -2.35. The van der Waals surface area contributed by atoms with E-state index in [2.05, 4.69) is 10.6 Å². The first kappa shape index (κ1) is 10.2. The van der Waals surface area contributed by atoms with Crippen molar-refractivity contribution in [2.24, 2.45) is 0 Å². The maximum atomic E-state index is 10.9. The molecule has 0 radical (unpaired) electrons. The molecule has 0 saturated carbocycles. The highest BCUT2D eigenvalue weighted by molar-refractivity contribution is 5.78. The van der Waals surface area contributed by atoms with Crippen molar-refractivity contribution in [1.82, 2.24) is 10.6 Å². The fourth-order valence-electron chi connectivity index (χ4n) is 1.78. The third-order valence-electron chi connectivity index (χ3n) is 2.73. The predicted octanol–water partition coefficient (Wildman–Crippen LogP) is 0.956. The zero-order valence-electron chi connectivity index (χ0n) is 8.88. The van der Waals surface area contributed by atoms with E-state index in [9.17, 15) is 4.79 Å². The van der Waals surface area contributed by atoms with Crippen LogP contribution in [0.2, 0.25) is 0 Å². The molecule has 4 heteroatoms. The lowest BCUT2D eigenvalue weighted by Gasteiger charge is -2.10. The summed E-state index contributed by atoms with van der Waals surface area (Å²) in [5.74, 6) is 1.13. The van der Waals surface area contributed by atoms with Gasteiger partial charge in [0.25, 0.3) is 0 Å². The Labute approximate surface area is 89.0 Å². The quantitative estimate of drug-likeness (QED) is 0.774. The lowest BCUT2D eigenvalue weighted by atomic mass is 10.2. The van der Waals surface area contributed by atoms with Crippen molar-refractivity contribution in [3.63, 3.8) is 0 Å². The SMILES string of the molecule is Cc1ccoc1CNCC1CCC(=O)N1. The van der Waals surface area contributed by atoms with Crippen molar-refractivity contribution in [3.8, 4) is 0 Å². The van der Waals surface area contributed by atoms with Gasteiger partial charge in [-0.15, -0.1) is 0 Å². The van der Waals surface area contributed by atoms with Crippen LogP contribution in [0.1, 0.15) is 24.2 Å². The number of hydrogen-bond acceptors (Lipinski definition) is 3. The zero-order chi connectivity index (χ0) is 10.7. The third kappa shape index (κ3) is 2.59. The van der Waals surface area contributed by atoms with Crippen molar-refractivity contribution in [2.45, 2.75) is 32.4 Å². The Balaban J connectivity index is 1.71. The Hall–Kier alpha value is -1.29. The van der Waals surface area contributed by atoms with Gasteiger partial charge in [0, 0.05) is 19.0 Å². The Morgan fingerprint density at radius 3 is 3.13 bits per heavy atom. The van der Waals surface area contributed by atoms with Gasteiger partial charge in [0.05, 0.1) is 12.8 Å². The van der Waals surface area contributed by atoms with Crippen molar-refractivity contribution in [1.29, 1.82) is 0 Å². The second-order valence-electron chi connectivity index (χ2n) is 3.96. The molecule has 1 amide bonds. The summed E-state index contributed by atoms with van der Waals surface area (Å²) in [6, 6.07) is 2.24. The van der Waals surface area contributed by atoms with E-state index >= 15 is 0 Å². The fourth-order valence-corrected chi connectivity index (χ4v) is 1.78. The molecule has 4 nitrogen and oxygen atoms in total. The molecule has 1 fully saturated rings. The molecule has 15 heavy (non-hydrogen) atoms. The molecule has 2 rings (SSSR count). The van der Waals surface area contributed by atoms with E-state index in [0.29, 0.717) is 6.42 Å². The summed E-state index contributed by atoms with van der Waals surface area (Å²) in [6.07, 6.45) is 3.29. The smallest absolute Gasteiger partial charge is 0.220 e. The molecule has 2 N–H and O–H groups in total. The van der Waals surface area contributed by atoms with Crippen LogP contribution in [0, 0.1) is 6.92 Å². The minimum absolute atomic E-state index is 0.163. The molecular formula is C11H16N2O2. The van der Waals surface area contributed by atoms with E-state index in [1.165, 1.54) is 0 Å². The van der Waals surface area contributed by atoms with Gasteiger partial charge in [0.2, 0.25) is 5.91 Å². The summed E-state index contributed by atoms with van der Waals surface area (Å²) in [6.45, 7) is 3.56. The minimum atomic E-state index is 0.163. The first-order valence-corrected chi connectivity index (χ1v) is 5.29. The van der Waals surface area contributed by atoms with Crippen LogP contribution < -0.4 is 10.6 Å². The Morgan fingerprint density at radius 1 is 1.67 bits per heavy atom. The van der Waals surface area contributed by atoms with Gasteiger partial charge in [-0.05, 0) is 25.0 Å². The molecule has 82 valence electrons. The predicted molar refractivity (Wildman–Crippen MR) is 56.3 cm³/mol. The number of carbonyl (C=O) groups is 1. The van der Waals surface area contributed by atoms with E-state index in [-0.39, 0.29) is 11.9 Å². The van der Waals surface area contributed by atoms with Gasteiger partial charge < -0.3 is 15.1 Å². The molecular weight excluding hydrogens is 192 g/mol. The second kappa shape index (κ2) is 4.49. The summed E-state index contributed by atoms with van der Waals surface area (Å²) in [7, 11) is 0. The van der Waals surface area contributed by atoms with Gasteiger partial charge in [-0.1, -0.05) is 0 Å². The summed E-state index contributed by atoms with van der Waals surface area (Å²) in [5, 5.41) is 6.20. The summed E-state index contributed by atoms with van der Waals surface area (Å²) >= 11 is 0. The van der Waals surface area contributed by atoms with Crippen molar-refractivity contribution in [3.05, 3.63) is 23.7 Å². The molecule has 1 unspecified atom stereocenters. The van der Waals surface area contributed by atoms with Crippen LogP contribution in [-0.4, -0.2) is 18.5 Å². The number of hydrogen-bond donors (Lipinski definition) is 2. The normalized spacial score (nSPS) is 20.6. The molecule has 0 bridgehead atoms. The maximum absolute atomic E-state index is 10.9. The summed E-state index contributed by atoms with van der Waals surface area (Å²) in [5.41, 5.74) is 1.16. The lowest BCUT2D eigenvalue weighted by molar-refractivity contribution is -0.119. The highest BCUT2D eigenvalue weighted by Gasteiger charge is 2.19. The number of aryl methyl sites for hydroxylation is 1. The van der Waals surface area contributed by atoms with E-state index < -0.39 is 0 Å². The van der Waals surface area contributed by atoms with Gasteiger partial charge in [0.15, 0.2) is 0 Å². The van der Waals surface area contributed by atoms with E-state index in [1.54, 1.807) is 6.26 Å². The van der Waals surface area contributed by atoms with Crippen molar-refractivity contribution >= 4 is 5.91 Å². The molecule has 0 spiro atoms. The standard InChI is InChI=1S/C11H16N2O2/c1-8-4-5-15-10(8)7-12-6-9-2-3-11(14)13-9/h4-5,9,12H,2-3,6-7H2,1H3,(H,13,14). The van der Waals surface area contributed by atoms with Crippen molar-refractivity contribution < 1.29 is 9.21 Å². The average Bonchev–Trinajstić information content (AvgIpc) is 2.77. The van der Waals surface area contributed by atoms with Crippen LogP contribution in [0.15, 0.2) is 16.7 Å². The van der Waals surface area contributed by atoms with E-state index in [0.717, 1.165) is 30.8 Å². The molecule has 0 aliphatic carbocycles. The van der Waals surface area contributed by atoms with Crippen LogP contribution in [0.3, 0.4) is 0 Å². The molecule has 1 atom stereocenters. The largest absolute Gasteiger partial charge is 0.468 e. The topological polar surface area (TPSA) is 54.3 Å². The highest BCUT2D eigenvalue weighted by Crippen LogP contribution is 2.09. The Morgan fingerprint density at radius 2 is 2.53 bits per heavy atom. The van der Waals surface area contributed by atoms with Crippen LogP contribution in [0.4, 0.5) is 0 Å². The second-order valence-corrected chi connectivity index (χ2v) is 3.96. The van der Waals surface area contributed by atoms with Crippen LogP contribution in [-0.2, 0) is 11.3 Å². The summed E-state index contributed by atoms with van der Waals surface area (Å²) < 4.78 is 5.30. The Kier molecular flexibility index (Phi) is 3.06. The first-order chi connectivity index (χ1) is 7.25. The van der Waals surface area contributed by atoms with Crippen LogP contribution in [0.25, 0.3) is 0 Å². The van der Waals surface area contributed by atoms with Crippen LogP contribution in [0.5, 0.6) is 0 Å². The maximum Gasteiger partial charge on any atom is 0.220 e. The molecule has 0 aromatic carbocycles. The van der Waals surface area contributed by atoms with Crippen LogP contribution >= 0.6 is 0 Å². The highest BCUT2D eigenvalue weighted by atomic mass is 16.3. The van der Waals surface area contributed by atoms with Gasteiger partial charge in [-0.2, -0.15) is 0 Å². The number of furan rings is 1. The van der Waals surface area contributed by atoms with E-state index in [4.69, 9.17) is 4.42 Å². The first-order valence-electron chi connectivity index (χ1n) is 5.29. The Bertz CT molecular complexity index is 346. The fraction of sp³-hybridized carbons (Fsp3) is 0.545. The monoisotopic (exact) mass is 208 g/mol. The third-order valence-corrected chi connectivity index (χ3v) is 2.73. The molecule has 2 heterocycles. The van der Waals surface area contributed by atoms with Gasteiger partial charge >= 0.3 is 0 Å². The number of amides is 1. The van der Waals surface area contributed by atoms with Gasteiger partial charge in [-0.25, -0.2) is 0 Å². The number of carbonyl (C=O) groups excluding carboxylic acids is 1. The zero-order valence-corrected chi connectivity index (χ0v) is 8.88. The molecule has 1 aromatic rings. The summed E-state index contributed by atoms with van der Waals surface area (Å²) in [4.78, 5) is 10.9. The minimum Gasteiger partial charge on any atom is -0.468 e. The van der Waals surface area contributed by atoms with Crippen molar-refractivity contribution in [2.75, 3.05) is 6.54 Å². The molecule has 1 aromatic heterocycles. The van der Waals surface area contributed by atoms with Gasteiger partial charge in [0.1, 0.15) is 5.76 Å². The molecule has 1 aliphatic rings. The number of nitrogens with one attached hydrogen (secondary N) is 2. The molecule has 1 aliphatic heterocycles.